The van der Waals surface area contributed by atoms with Gasteiger partial charge in [-0.2, -0.15) is 0 Å². The molecular formula is C22H26N6O2S2. The minimum atomic E-state index is -0.151. The Balaban J connectivity index is 1.25. The fourth-order valence-corrected chi connectivity index (χ4v) is 4.93. The summed E-state index contributed by atoms with van der Waals surface area (Å²) in [5.41, 5.74) is 1.21. The summed E-state index contributed by atoms with van der Waals surface area (Å²) >= 11 is 3.11. The standard InChI is InChI=1S/C22H26N6O2S2/c1-26-16-23-25-22(26)32-15-20(29)24-18-5-2-4-17(14-18)21(30)28-11-9-27(10-12-28)8-7-19-6-3-13-31-19/h2-6,13-14,16H,7-12,15H2,1H3,(H,24,29). The SMILES string of the molecule is Cn1cnnc1SCC(=O)Nc1cccc(C(=O)N2CCN(CCc3cccs3)CC2)c1. The molecule has 1 aliphatic rings. The van der Waals surface area contributed by atoms with Gasteiger partial charge >= 0.3 is 0 Å². The fourth-order valence-electron chi connectivity index (χ4n) is 3.54. The quantitative estimate of drug-likeness (QED) is 0.510. The molecule has 4 rings (SSSR count). The molecule has 3 heterocycles. The Morgan fingerprint density at radius 2 is 2.00 bits per heavy atom. The van der Waals surface area contributed by atoms with Crippen LogP contribution < -0.4 is 5.32 Å². The van der Waals surface area contributed by atoms with Gasteiger partial charge in [-0.05, 0) is 36.1 Å². The number of aromatic nitrogens is 3. The van der Waals surface area contributed by atoms with E-state index in [0.29, 0.717) is 29.5 Å². The Morgan fingerprint density at radius 1 is 1.16 bits per heavy atom. The molecule has 1 aliphatic heterocycles. The summed E-state index contributed by atoms with van der Waals surface area (Å²) < 4.78 is 1.76. The number of aryl methyl sites for hydroxylation is 1. The van der Waals surface area contributed by atoms with E-state index < -0.39 is 0 Å². The Labute approximate surface area is 195 Å². The maximum atomic E-state index is 13.0. The van der Waals surface area contributed by atoms with Crippen LogP contribution in [0.25, 0.3) is 0 Å². The van der Waals surface area contributed by atoms with Crippen LogP contribution in [0.5, 0.6) is 0 Å². The van der Waals surface area contributed by atoms with Crippen LogP contribution in [0.1, 0.15) is 15.2 Å². The van der Waals surface area contributed by atoms with Crippen LogP contribution in [0.2, 0.25) is 0 Å². The van der Waals surface area contributed by atoms with Gasteiger partial charge in [0, 0.05) is 55.9 Å². The molecule has 3 aromatic rings. The van der Waals surface area contributed by atoms with Gasteiger partial charge in [0.05, 0.1) is 5.75 Å². The molecule has 10 heteroatoms. The van der Waals surface area contributed by atoms with Gasteiger partial charge in [0.2, 0.25) is 5.91 Å². The smallest absolute Gasteiger partial charge is 0.254 e. The summed E-state index contributed by atoms with van der Waals surface area (Å²) in [7, 11) is 1.83. The number of nitrogens with one attached hydrogen (secondary N) is 1. The fraction of sp³-hybridized carbons (Fsp3) is 0.364. The van der Waals surface area contributed by atoms with Crippen LogP contribution in [0.15, 0.2) is 53.3 Å². The number of carbonyl (C=O) groups excluding carboxylic acids is 2. The van der Waals surface area contributed by atoms with Crippen LogP contribution in [0.3, 0.4) is 0 Å². The summed E-state index contributed by atoms with van der Waals surface area (Å²) in [5.74, 6) is 0.0763. The number of carbonyl (C=O) groups is 2. The molecular weight excluding hydrogens is 444 g/mol. The summed E-state index contributed by atoms with van der Waals surface area (Å²) in [6.07, 6.45) is 2.65. The van der Waals surface area contributed by atoms with E-state index >= 15 is 0 Å². The second-order valence-corrected chi connectivity index (χ2v) is 9.58. The zero-order chi connectivity index (χ0) is 22.3. The van der Waals surface area contributed by atoms with E-state index in [-0.39, 0.29) is 17.6 Å². The third-order valence-corrected chi connectivity index (χ3v) is 7.28. The lowest BCUT2D eigenvalue weighted by molar-refractivity contribution is -0.113. The Hall–Kier alpha value is -2.69. The summed E-state index contributed by atoms with van der Waals surface area (Å²) in [5, 5.41) is 13.4. The number of nitrogens with zero attached hydrogens (tertiary/aromatic N) is 5. The molecule has 0 radical (unpaired) electrons. The molecule has 8 nitrogen and oxygen atoms in total. The third kappa shape index (κ3) is 5.96. The molecule has 0 unspecified atom stereocenters. The van der Waals surface area contributed by atoms with Crippen molar-refractivity contribution < 1.29 is 9.59 Å². The predicted molar refractivity (Wildman–Crippen MR) is 127 cm³/mol. The number of thioether (sulfide) groups is 1. The largest absolute Gasteiger partial charge is 0.336 e. The van der Waals surface area contributed by atoms with Crippen molar-refractivity contribution in [3.63, 3.8) is 0 Å². The Morgan fingerprint density at radius 3 is 2.72 bits per heavy atom. The molecule has 0 atom stereocenters. The molecule has 1 N–H and O–H groups in total. The highest BCUT2D eigenvalue weighted by Gasteiger charge is 2.22. The van der Waals surface area contributed by atoms with Gasteiger partial charge in [0.1, 0.15) is 6.33 Å². The van der Waals surface area contributed by atoms with Gasteiger partial charge in [-0.15, -0.1) is 21.5 Å². The van der Waals surface area contributed by atoms with Crippen LogP contribution in [-0.2, 0) is 18.3 Å². The Kier molecular flexibility index (Phi) is 7.56. The second kappa shape index (κ2) is 10.8. The number of benzene rings is 1. The van der Waals surface area contributed by atoms with Crippen molar-refractivity contribution in [2.75, 3.05) is 43.8 Å². The van der Waals surface area contributed by atoms with E-state index in [0.717, 1.165) is 26.1 Å². The van der Waals surface area contributed by atoms with Crippen LogP contribution in [-0.4, -0.2) is 74.9 Å². The number of anilines is 1. The first kappa shape index (κ1) is 22.5. The lowest BCUT2D eigenvalue weighted by Gasteiger charge is -2.34. The van der Waals surface area contributed by atoms with Crippen molar-refractivity contribution in [1.82, 2.24) is 24.6 Å². The van der Waals surface area contributed by atoms with E-state index in [9.17, 15) is 9.59 Å². The van der Waals surface area contributed by atoms with Crippen molar-refractivity contribution in [3.8, 4) is 0 Å². The maximum Gasteiger partial charge on any atom is 0.254 e. The first-order valence-electron chi connectivity index (χ1n) is 10.5. The molecule has 0 saturated carbocycles. The van der Waals surface area contributed by atoms with E-state index in [1.54, 1.807) is 46.5 Å². The first-order chi connectivity index (χ1) is 15.6. The van der Waals surface area contributed by atoms with Crippen molar-refractivity contribution in [2.45, 2.75) is 11.6 Å². The maximum absolute atomic E-state index is 13.0. The van der Waals surface area contributed by atoms with Crippen molar-refractivity contribution in [2.24, 2.45) is 7.05 Å². The van der Waals surface area contributed by atoms with Crippen LogP contribution in [0.4, 0.5) is 5.69 Å². The molecule has 0 aliphatic carbocycles. The average Bonchev–Trinajstić information content (AvgIpc) is 3.48. The van der Waals surface area contributed by atoms with Gasteiger partial charge < -0.3 is 14.8 Å². The molecule has 1 aromatic carbocycles. The van der Waals surface area contributed by atoms with Crippen LogP contribution >= 0.6 is 23.1 Å². The van der Waals surface area contributed by atoms with Gasteiger partial charge in [-0.3, -0.25) is 14.5 Å². The number of amides is 2. The van der Waals surface area contributed by atoms with Crippen molar-refractivity contribution in [1.29, 1.82) is 0 Å². The van der Waals surface area contributed by atoms with E-state index in [2.05, 4.69) is 37.9 Å². The second-order valence-electron chi connectivity index (χ2n) is 7.61. The average molecular weight is 471 g/mol. The number of piperazine rings is 1. The number of hydrogen-bond donors (Lipinski definition) is 1. The zero-order valence-corrected chi connectivity index (χ0v) is 19.6. The highest BCUT2D eigenvalue weighted by molar-refractivity contribution is 7.99. The Bertz CT molecular complexity index is 1040. The number of thiophene rings is 1. The summed E-state index contributed by atoms with van der Waals surface area (Å²) in [4.78, 5) is 31.0. The highest BCUT2D eigenvalue weighted by atomic mass is 32.2. The molecule has 0 spiro atoms. The third-order valence-electron chi connectivity index (χ3n) is 5.31. The summed E-state index contributed by atoms with van der Waals surface area (Å²) in [6.45, 7) is 4.22. The lowest BCUT2D eigenvalue weighted by atomic mass is 10.1. The molecule has 1 fully saturated rings. The molecule has 2 aromatic heterocycles. The minimum Gasteiger partial charge on any atom is -0.336 e. The number of hydrogen-bond acceptors (Lipinski definition) is 7. The molecule has 2 amide bonds. The minimum absolute atomic E-state index is 0.00691. The molecule has 0 bridgehead atoms. The van der Waals surface area contributed by atoms with E-state index in [1.807, 2.05) is 11.9 Å². The van der Waals surface area contributed by atoms with Gasteiger partial charge in [-0.1, -0.05) is 23.9 Å². The first-order valence-corrected chi connectivity index (χ1v) is 12.4. The summed E-state index contributed by atoms with van der Waals surface area (Å²) in [6, 6.07) is 11.4. The van der Waals surface area contributed by atoms with Crippen LogP contribution in [0, 0.1) is 0 Å². The monoisotopic (exact) mass is 470 g/mol. The number of rotatable bonds is 8. The molecule has 1 saturated heterocycles. The van der Waals surface area contributed by atoms with Gasteiger partial charge in [0.25, 0.3) is 5.91 Å². The van der Waals surface area contributed by atoms with E-state index in [1.165, 1.54) is 16.6 Å². The zero-order valence-electron chi connectivity index (χ0n) is 17.9. The van der Waals surface area contributed by atoms with Crippen molar-refractivity contribution in [3.05, 3.63) is 58.5 Å². The van der Waals surface area contributed by atoms with Gasteiger partial charge in [-0.25, -0.2) is 0 Å². The lowest BCUT2D eigenvalue weighted by Crippen LogP contribution is -2.49. The van der Waals surface area contributed by atoms with Crippen molar-refractivity contribution >= 4 is 40.6 Å². The van der Waals surface area contributed by atoms with Gasteiger partial charge in [0.15, 0.2) is 5.16 Å². The predicted octanol–water partition coefficient (Wildman–Crippen LogP) is 2.61. The highest BCUT2D eigenvalue weighted by Crippen LogP contribution is 2.17. The molecule has 168 valence electrons. The topological polar surface area (TPSA) is 83.4 Å². The normalized spacial score (nSPS) is 14.5. The molecule has 32 heavy (non-hydrogen) atoms. The van der Waals surface area contributed by atoms with E-state index in [4.69, 9.17) is 0 Å².